The number of hydrogen-bond donors (Lipinski definition) is 1. The molecule has 3 nitrogen and oxygen atoms in total. The van der Waals surface area contributed by atoms with Crippen molar-refractivity contribution in [2.75, 3.05) is 7.11 Å². The van der Waals surface area contributed by atoms with Gasteiger partial charge in [0, 0.05) is 0 Å². The van der Waals surface area contributed by atoms with Gasteiger partial charge in [-0.2, -0.15) is 0 Å². The van der Waals surface area contributed by atoms with Crippen molar-refractivity contribution in [3.05, 3.63) is 34.9 Å². The Balaban J connectivity index is 2.73. The zero-order chi connectivity index (χ0) is 14.6. The Hall–Kier alpha value is -1.35. The first-order valence-corrected chi connectivity index (χ1v) is 6.77. The van der Waals surface area contributed by atoms with Gasteiger partial charge in [-0.3, -0.25) is 4.79 Å². The summed E-state index contributed by atoms with van der Waals surface area (Å²) in [7, 11) is 1.37. The minimum atomic E-state index is -0.533. The Kier molecular flexibility index (Phi) is 5.55. The van der Waals surface area contributed by atoms with Crippen LogP contribution in [0.5, 0.6) is 0 Å². The second-order valence-corrected chi connectivity index (χ2v) is 5.48. The average molecular weight is 263 g/mol. The molecule has 0 spiro atoms. The molecule has 0 aliphatic heterocycles. The third-order valence-corrected chi connectivity index (χ3v) is 4.04. The molecule has 0 aliphatic rings. The van der Waals surface area contributed by atoms with Crippen molar-refractivity contribution in [3.8, 4) is 0 Å². The van der Waals surface area contributed by atoms with Gasteiger partial charge in [-0.05, 0) is 48.8 Å². The first-order valence-electron chi connectivity index (χ1n) is 6.77. The smallest absolute Gasteiger partial charge is 0.322 e. The number of methoxy groups -OCH3 is 1. The van der Waals surface area contributed by atoms with Gasteiger partial charge < -0.3 is 10.5 Å². The van der Waals surface area contributed by atoms with Gasteiger partial charge in [0.1, 0.15) is 6.04 Å². The molecule has 0 radical (unpaired) electrons. The van der Waals surface area contributed by atoms with Crippen LogP contribution in [0.15, 0.2) is 18.2 Å². The van der Waals surface area contributed by atoms with E-state index in [-0.39, 0.29) is 5.97 Å². The van der Waals surface area contributed by atoms with E-state index in [0.717, 1.165) is 0 Å². The highest BCUT2D eigenvalue weighted by Crippen LogP contribution is 2.28. The lowest BCUT2D eigenvalue weighted by atomic mass is 9.84. The SMILES string of the molecule is COC(=O)C(N)CC(C)C(C)c1ccc(C)c(C)c1. The van der Waals surface area contributed by atoms with Crippen molar-refractivity contribution in [2.45, 2.75) is 46.1 Å². The van der Waals surface area contributed by atoms with E-state index in [4.69, 9.17) is 5.73 Å². The second-order valence-electron chi connectivity index (χ2n) is 5.48. The van der Waals surface area contributed by atoms with Crippen LogP contribution in [0.4, 0.5) is 0 Å². The highest BCUT2D eigenvalue weighted by Gasteiger charge is 2.22. The fourth-order valence-electron chi connectivity index (χ4n) is 2.23. The lowest BCUT2D eigenvalue weighted by Crippen LogP contribution is -2.34. The number of rotatable bonds is 5. The molecular formula is C16H25NO2. The monoisotopic (exact) mass is 263 g/mol. The maximum atomic E-state index is 11.4. The number of esters is 1. The van der Waals surface area contributed by atoms with E-state index in [9.17, 15) is 4.79 Å². The van der Waals surface area contributed by atoms with Crippen LogP contribution in [-0.4, -0.2) is 19.1 Å². The van der Waals surface area contributed by atoms with Crippen molar-refractivity contribution in [3.63, 3.8) is 0 Å². The van der Waals surface area contributed by atoms with Crippen molar-refractivity contribution in [1.82, 2.24) is 0 Å². The van der Waals surface area contributed by atoms with Gasteiger partial charge in [-0.25, -0.2) is 0 Å². The quantitative estimate of drug-likeness (QED) is 0.831. The van der Waals surface area contributed by atoms with Crippen molar-refractivity contribution >= 4 is 5.97 Å². The van der Waals surface area contributed by atoms with Crippen LogP contribution in [0.2, 0.25) is 0 Å². The van der Waals surface area contributed by atoms with E-state index in [1.165, 1.54) is 23.8 Å². The Morgan fingerprint density at radius 1 is 1.26 bits per heavy atom. The molecule has 3 unspecified atom stereocenters. The summed E-state index contributed by atoms with van der Waals surface area (Å²) in [5.41, 5.74) is 9.72. The number of ether oxygens (including phenoxy) is 1. The summed E-state index contributed by atoms with van der Waals surface area (Å²) in [6, 6.07) is 6.00. The Morgan fingerprint density at radius 3 is 2.42 bits per heavy atom. The minimum absolute atomic E-state index is 0.330. The zero-order valence-corrected chi connectivity index (χ0v) is 12.6. The topological polar surface area (TPSA) is 52.3 Å². The van der Waals surface area contributed by atoms with Gasteiger partial charge in [-0.1, -0.05) is 32.0 Å². The average Bonchev–Trinajstić information content (AvgIpc) is 2.39. The molecule has 0 fully saturated rings. The summed E-state index contributed by atoms with van der Waals surface area (Å²) in [4.78, 5) is 11.4. The number of nitrogens with two attached hydrogens (primary N) is 1. The number of carbonyl (C=O) groups is 1. The van der Waals surface area contributed by atoms with Gasteiger partial charge in [0.25, 0.3) is 0 Å². The predicted octanol–water partition coefficient (Wildman–Crippen LogP) is 2.93. The molecule has 0 amide bonds. The molecule has 2 N–H and O–H groups in total. The lowest BCUT2D eigenvalue weighted by Gasteiger charge is -2.23. The Bertz CT molecular complexity index is 442. The molecular weight excluding hydrogens is 238 g/mol. The Labute approximate surface area is 116 Å². The summed E-state index contributed by atoms with van der Waals surface area (Å²) in [5, 5.41) is 0. The van der Waals surface area contributed by atoms with E-state index in [1.807, 2.05) is 0 Å². The summed E-state index contributed by atoms with van der Waals surface area (Å²) >= 11 is 0. The van der Waals surface area contributed by atoms with E-state index < -0.39 is 6.04 Å². The van der Waals surface area contributed by atoms with Crippen LogP contribution in [0, 0.1) is 19.8 Å². The van der Waals surface area contributed by atoms with E-state index in [2.05, 4.69) is 50.6 Å². The molecule has 0 saturated carbocycles. The fraction of sp³-hybridized carbons (Fsp3) is 0.562. The fourth-order valence-corrected chi connectivity index (χ4v) is 2.23. The molecule has 1 aromatic rings. The number of benzene rings is 1. The summed E-state index contributed by atoms with van der Waals surface area (Å²) in [6.45, 7) is 8.54. The molecule has 0 heterocycles. The molecule has 3 heteroatoms. The standard InChI is InChI=1S/C16H25NO2/c1-10-6-7-14(8-11(10)2)13(4)12(3)9-15(17)16(18)19-5/h6-8,12-13,15H,9,17H2,1-5H3. The maximum absolute atomic E-state index is 11.4. The van der Waals surface area contributed by atoms with Crippen LogP contribution in [-0.2, 0) is 9.53 Å². The van der Waals surface area contributed by atoms with Crippen LogP contribution >= 0.6 is 0 Å². The van der Waals surface area contributed by atoms with Gasteiger partial charge in [0.2, 0.25) is 0 Å². The van der Waals surface area contributed by atoms with Crippen LogP contribution in [0.3, 0.4) is 0 Å². The molecule has 0 aliphatic carbocycles. The summed E-state index contributed by atoms with van der Waals surface area (Å²) < 4.78 is 4.67. The first-order chi connectivity index (χ1) is 8.86. The van der Waals surface area contributed by atoms with Crippen molar-refractivity contribution in [1.29, 1.82) is 0 Å². The molecule has 0 saturated heterocycles. The molecule has 1 rings (SSSR count). The minimum Gasteiger partial charge on any atom is -0.468 e. The number of aryl methyl sites for hydroxylation is 2. The molecule has 1 aromatic carbocycles. The normalized spacial score (nSPS) is 15.7. The third-order valence-electron chi connectivity index (χ3n) is 4.04. The molecule has 3 atom stereocenters. The van der Waals surface area contributed by atoms with Crippen LogP contribution in [0.25, 0.3) is 0 Å². The highest BCUT2D eigenvalue weighted by atomic mass is 16.5. The largest absolute Gasteiger partial charge is 0.468 e. The van der Waals surface area contributed by atoms with Crippen molar-refractivity contribution < 1.29 is 9.53 Å². The number of hydrogen-bond acceptors (Lipinski definition) is 3. The third kappa shape index (κ3) is 4.06. The molecule has 0 aromatic heterocycles. The van der Waals surface area contributed by atoms with Crippen LogP contribution < -0.4 is 5.73 Å². The lowest BCUT2D eigenvalue weighted by molar-refractivity contribution is -0.142. The van der Waals surface area contributed by atoms with Crippen LogP contribution in [0.1, 0.15) is 42.9 Å². The van der Waals surface area contributed by atoms with Gasteiger partial charge in [0.15, 0.2) is 0 Å². The first kappa shape index (κ1) is 15.7. The predicted molar refractivity (Wildman–Crippen MR) is 78.1 cm³/mol. The van der Waals surface area contributed by atoms with Gasteiger partial charge in [-0.15, -0.1) is 0 Å². The van der Waals surface area contributed by atoms with Crippen molar-refractivity contribution in [2.24, 2.45) is 11.7 Å². The van der Waals surface area contributed by atoms with E-state index in [0.29, 0.717) is 18.3 Å². The maximum Gasteiger partial charge on any atom is 0.322 e. The number of carbonyl (C=O) groups excluding carboxylic acids is 1. The molecule has 106 valence electrons. The molecule has 19 heavy (non-hydrogen) atoms. The summed E-state index contributed by atoms with van der Waals surface area (Å²) in [6.07, 6.45) is 0.640. The van der Waals surface area contributed by atoms with Gasteiger partial charge in [0.05, 0.1) is 7.11 Å². The zero-order valence-electron chi connectivity index (χ0n) is 12.6. The second kappa shape index (κ2) is 6.71. The molecule has 0 bridgehead atoms. The van der Waals surface area contributed by atoms with E-state index in [1.54, 1.807) is 0 Å². The highest BCUT2D eigenvalue weighted by molar-refractivity contribution is 5.75. The van der Waals surface area contributed by atoms with E-state index >= 15 is 0 Å². The van der Waals surface area contributed by atoms with Gasteiger partial charge >= 0.3 is 5.97 Å². The summed E-state index contributed by atoms with van der Waals surface area (Å²) in [5.74, 6) is 0.366. The Morgan fingerprint density at radius 2 is 1.89 bits per heavy atom.